The number of ketones is 1. The first-order valence-electron chi connectivity index (χ1n) is 9.59. The van der Waals surface area contributed by atoms with Gasteiger partial charge in [-0.1, -0.05) is 36.4 Å². The van der Waals surface area contributed by atoms with Crippen molar-refractivity contribution < 1.29 is 14.3 Å². The summed E-state index contributed by atoms with van der Waals surface area (Å²) in [4.78, 5) is 19.3. The Morgan fingerprint density at radius 1 is 1.17 bits per heavy atom. The van der Waals surface area contributed by atoms with Crippen molar-refractivity contribution in [3.8, 4) is 11.5 Å². The van der Waals surface area contributed by atoms with Crippen LogP contribution in [-0.2, 0) is 13.1 Å². The number of pyridine rings is 1. The van der Waals surface area contributed by atoms with E-state index in [-0.39, 0.29) is 5.78 Å². The lowest BCUT2D eigenvalue weighted by Crippen LogP contribution is -2.31. The molecule has 0 spiro atoms. The number of aromatic nitrogens is 1. The lowest BCUT2D eigenvalue weighted by Gasteiger charge is -2.30. The van der Waals surface area contributed by atoms with Crippen molar-refractivity contribution >= 4 is 11.9 Å². The van der Waals surface area contributed by atoms with Gasteiger partial charge in [0.2, 0.25) is 5.78 Å². The number of hydrogen-bond donors (Lipinski definition) is 0. The molecule has 144 valence electrons. The summed E-state index contributed by atoms with van der Waals surface area (Å²) in [5.74, 6) is 1.65. The highest BCUT2D eigenvalue weighted by Crippen LogP contribution is 2.44. The molecule has 5 heteroatoms. The zero-order valence-electron chi connectivity index (χ0n) is 16.1. The van der Waals surface area contributed by atoms with Gasteiger partial charge in [-0.05, 0) is 41.8 Å². The Labute approximate surface area is 169 Å². The molecule has 0 saturated carbocycles. The third-order valence-corrected chi connectivity index (χ3v) is 5.22. The molecule has 0 radical (unpaired) electrons. The second-order valence-electron chi connectivity index (χ2n) is 7.35. The minimum Gasteiger partial charge on any atom is -0.478 e. The molecule has 3 heterocycles. The van der Waals surface area contributed by atoms with Crippen molar-refractivity contribution in [2.75, 3.05) is 6.73 Å². The highest BCUT2D eigenvalue weighted by molar-refractivity contribution is 6.15. The van der Waals surface area contributed by atoms with Gasteiger partial charge < -0.3 is 9.47 Å². The predicted molar refractivity (Wildman–Crippen MR) is 110 cm³/mol. The van der Waals surface area contributed by atoms with E-state index < -0.39 is 0 Å². The van der Waals surface area contributed by atoms with Gasteiger partial charge in [0.25, 0.3) is 0 Å². The number of nitrogens with zero attached hydrogens (tertiary/aromatic N) is 2. The number of allylic oxidation sites excluding steroid dienone is 1. The quantitative estimate of drug-likeness (QED) is 0.628. The van der Waals surface area contributed by atoms with E-state index in [1.807, 2.05) is 43.3 Å². The van der Waals surface area contributed by atoms with Crippen LogP contribution in [0.1, 0.15) is 32.6 Å². The van der Waals surface area contributed by atoms with Crippen LogP contribution in [0.5, 0.6) is 11.5 Å². The van der Waals surface area contributed by atoms with Crippen LogP contribution in [0.25, 0.3) is 6.08 Å². The fourth-order valence-electron chi connectivity index (χ4n) is 3.83. The Bertz CT molecular complexity index is 1110. The first-order valence-corrected chi connectivity index (χ1v) is 9.59. The van der Waals surface area contributed by atoms with E-state index in [4.69, 9.17) is 9.47 Å². The molecule has 2 aliphatic heterocycles. The molecule has 0 N–H and O–H groups in total. The zero-order valence-corrected chi connectivity index (χ0v) is 16.1. The maximum absolute atomic E-state index is 13.0. The minimum absolute atomic E-state index is 0.0932. The maximum atomic E-state index is 13.0. The van der Waals surface area contributed by atoms with Crippen molar-refractivity contribution in [2.45, 2.75) is 20.0 Å². The van der Waals surface area contributed by atoms with Crippen molar-refractivity contribution in [1.82, 2.24) is 9.88 Å². The number of hydrogen-bond acceptors (Lipinski definition) is 5. The molecule has 0 bridgehead atoms. The molecular weight excluding hydrogens is 364 g/mol. The number of Topliss-reactive ketones (excluding diaryl/α,β-unsaturated/α-hetero) is 1. The number of rotatable bonds is 3. The van der Waals surface area contributed by atoms with Crippen LogP contribution in [0.15, 0.2) is 66.7 Å². The monoisotopic (exact) mass is 384 g/mol. The number of fused-ring (bicyclic) bond motifs is 3. The van der Waals surface area contributed by atoms with Gasteiger partial charge >= 0.3 is 0 Å². The van der Waals surface area contributed by atoms with Crippen LogP contribution in [0.4, 0.5) is 0 Å². The molecule has 2 aliphatic rings. The molecule has 5 nitrogen and oxygen atoms in total. The molecular formula is C24H20N2O3. The summed E-state index contributed by atoms with van der Waals surface area (Å²) in [6.45, 7) is 3.87. The number of carbonyl (C=O) groups is 1. The molecule has 0 aliphatic carbocycles. The molecule has 2 aromatic carbocycles. The molecule has 29 heavy (non-hydrogen) atoms. The molecule has 0 fully saturated rings. The first kappa shape index (κ1) is 17.6. The average Bonchev–Trinajstić information content (AvgIpc) is 3.07. The number of benzene rings is 2. The summed E-state index contributed by atoms with van der Waals surface area (Å²) < 4.78 is 12.1. The Morgan fingerprint density at radius 2 is 2.03 bits per heavy atom. The smallest absolute Gasteiger partial charge is 0.232 e. The summed E-state index contributed by atoms with van der Waals surface area (Å²) in [7, 11) is 0. The average molecular weight is 384 g/mol. The van der Waals surface area contributed by atoms with Gasteiger partial charge in [-0.2, -0.15) is 0 Å². The van der Waals surface area contributed by atoms with Gasteiger partial charge in [0.05, 0.1) is 11.1 Å². The summed E-state index contributed by atoms with van der Waals surface area (Å²) in [5.41, 5.74) is 4.48. The topological polar surface area (TPSA) is 51.7 Å². The van der Waals surface area contributed by atoms with Crippen LogP contribution in [0.2, 0.25) is 0 Å². The summed E-state index contributed by atoms with van der Waals surface area (Å²) in [6, 6.07) is 16.0. The van der Waals surface area contributed by atoms with Gasteiger partial charge in [-0.25, -0.2) is 0 Å². The van der Waals surface area contributed by atoms with E-state index in [1.54, 1.807) is 18.5 Å². The third-order valence-electron chi connectivity index (χ3n) is 5.22. The molecule has 0 saturated heterocycles. The zero-order chi connectivity index (χ0) is 19.8. The standard InChI is InChI=1S/C24H20N2O3/c1-16-10-20-19(14-26(15-28-20)13-17-6-3-2-4-7-17)24-22(16)23(27)21(29-24)11-18-8-5-9-25-12-18/h2-12H,13-15H2,1H3/b21-11-. The van der Waals surface area contributed by atoms with Crippen LogP contribution in [-0.4, -0.2) is 22.4 Å². The molecule has 1 aromatic heterocycles. The van der Waals surface area contributed by atoms with Gasteiger partial charge in [0, 0.05) is 25.5 Å². The molecule has 5 rings (SSSR count). The number of carbonyl (C=O) groups excluding carboxylic acids is 1. The molecule has 0 amide bonds. The maximum Gasteiger partial charge on any atom is 0.232 e. The van der Waals surface area contributed by atoms with E-state index >= 15 is 0 Å². The lowest BCUT2D eigenvalue weighted by molar-refractivity contribution is 0.0872. The van der Waals surface area contributed by atoms with Crippen molar-refractivity contribution in [3.63, 3.8) is 0 Å². The summed E-state index contributed by atoms with van der Waals surface area (Å²) in [5, 5.41) is 0. The highest BCUT2D eigenvalue weighted by Gasteiger charge is 2.35. The van der Waals surface area contributed by atoms with Crippen LogP contribution >= 0.6 is 0 Å². The second-order valence-corrected chi connectivity index (χ2v) is 7.35. The highest BCUT2D eigenvalue weighted by atomic mass is 16.5. The van der Waals surface area contributed by atoms with Crippen molar-refractivity contribution in [1.29, 1.82) is 0 Å². The van der Waals surface area contributed by atoms with Crippen LogP contribution in [0, 0.1) is 6.92 Å². The molecule has 0 atom stereocenters. The van der Waals surface area contributed by atoms with E-state index in [0.29, 0.717) is 30.3 Å². The third kappa shape index (κ3) is 3.30. The van der Waals surface area contributed by atoms with Gasteiger partial charge in [0.1, 0.15) is 18.2 Å². The normalized spacial score (nSPS) is 16.9. The fourth-order valence-corrected chi connectivity index (χ4v) is 3.83. The van der Waals surface area contributed by atoms with E-state index in [0.717, 1.165) is 29.0 Å². The Morgan fingerprint density at radius 3 is 2.83 bits per heavy atom. The Hall–Kier alpha value is -3.44. The second kappa shape index (κ2) is 7.18. The Kier molecular flexibility index (Phi) is 4.37. The van der Waals surface area contributed by atoms with Crippen molar-refractivity contribution in [3.05, 3.63) is 94.5 Å². The summed E-state index contributed by atoms with van der Waals surface area (Å²) >= 11 is 0. The predicted octanol–water partition coefficient (Wildman–Crippen LogP) is 4.36. The fraction of sp³-hybridized carbons (Fsp3) is 0.167. The van der Waals surface area contributed by atoms with E-state index in [1.165, 1.54) is 5.56 Å². The van der Waals surface area contributed by atoms with E-state index in [2.05, 4.69) is 22.0 Å². The van der Waals surface area contributed by atoms with E-state index in [9.17, 15) is 4.79 Å². The minimum atomic E-state index is -0.0932. The van der Waals surface area contributed by atoms with Crippen molar-refractivity contribution in [2.24, 2.45) is 0 Å². The first-order chi connectivity index (χ1) is 14.2. The number of ether oxygens (including phenoxy) is 2. The SMILES string of the molecule is Cc1cc2c(c3c1C(=O)/C(=C/c1cccnc1)O3)CN(Cc1ccccc1)CO2. The van der Waals surface area contributed by atoms with Gasteiger partial charge in [-0.3, -0.25) is 14.7 Å². The molecule has 3 aromatic rings. The number of aryl methyl sites for hydroxylation is 1. The van der Waals surface area contributed by atoms with Crippen LogP contribution < -0.4 is 9.47 Å². The van der Waals surface area contributed by atoms with Crippen LogP contribution in [0.3, 0.4) is 0 Å². The van der Waals surface area contributed by atoms with Gasteiger partial charge in [0.15, 0.2) is 5.76 Å². The molecule has 0 unspecified atom stereocenters. The van der Waals surface area contributed by atoms with Gasteiger partial charge in [-0.15, -0.1) is 0 Å². The lowest BCUT2D eigenvalue weighted by atomic mass is 9.98. The largest absolute Gasteiger partial charge is 0.478 e. The summed E-state index contributed by atoms with van der Waals surface area (Å²) in [6.07, 6.45) is 5.15. The Balaban J connectivity index is 1.48.